The van der Waals surface area contributed by atoms with Crippen molar-refractivity contribution in [2.24, 2.45) is 5.41 Å². The Bertz CT molecular complexity index is 1280. The summed E-state index contributed by atoms with van der Waals surface area (Å²) >= 11 is 0. The number of benzene rings is 1. The van der Waals surface area contributed by atoms with Crippen LogP contribution in [0.3, 0.4) is 0 Å². The number of carbonyl (C=O) groups excluding carboxylic acids is 1. The molecule has 0 radical (unpaired) electrons. The summed E-state index contributed by atoms with van der Waals surface area (Å²) in [7, 11) is 0. The van der Waals surface area contributed by atoms with Gasteiger partial charge in [0.05, 0.1) is 17.9 Å². The number of nitrogens with two attached hydrogens (primary N) is 1. The van der Waals surface area contributed by atoms with Gasteiger partial charge in [-0.15, -0.1) is 0 Å². The van der Waals surface area contributed by atoms with E-state index >= 15 is 0 Å². The Morgan fingerprint density at radius 1 is 1.19 bits per heavy atom. The van der Waals surface area contributed by atoms with Crippen molar-refractivity contribution in [2.75, 3.05) is 30.7 Å². The number of nitrogen functional groups attached to an aromatic ring is 1. The first-order valence-corrected chi connectivity index (χ1v) is 12.7. The van der Waals surface area contributed by atoms with Gasteiger partial charge in [0.2, 0.25) is 5.95 Å². The smallest absolute Gasteiger partial charge is 0.251 e. The normalized spacial score (nSPS) is 18.2. The molecule has 186 valence electrons. The molecule has 0 atom stereocenters. The molecule has 4 heterocycles. The van der Waals surface area contributed by atoms with Gasteiger partial charge in [-0.2, -0.15) is 0 Å². The van der Waals surface area contributed by atoms with Crippen molar-refractivity contribution in [1.29, 1.82) is 0 Å². The van der Waals surface area contributed by atoms with Crippen LogP contribution >= 0.6 is 0 Å². The SMILES string of the molecule is Nc1nccc(-c2cnc(NCc3cccc(C(=O)NC4CC5(CCNCC5)C4)c3)c3c2OCC3)n1. The van der Waals surface area contributed by atoms with Gasteiger partial charge in [0.25, 0.3) is 5.91 Å². The molecule has 5 N–H and O–H groups in total. The molecule has 3 aliphatic rings. The highest BCUT2D eigenvalue weighted by atomic mass is 16.5. The van der Waals surface area contributed by atoms with Crippen LogP contribution in [0.2, 0.25) is 0 Å². The number of anilines is 2. The summed E-state index contributed by atoms with van der Waals surface area (Å²) in [5.41, 5.74) is 10.4. The lowest BCUT2D eigenvalue weighted by Gasteiger charge is -2.50. The minimum atomic E-state index is 0.00604. The fourth-order valence-electron chi connectivity index (χ4n) is 5.78. The number of hydrogen-bond donors (Lipinski definition) is 4. The zero-order valence-electron chi connectivity index (χ0n) is 20.2. The highest BCUT2D eigenvalue weighted by Crippen LogP contribution is 2.47. The predicted octanol–water partition coefficient (Wildman–Crippen LogP) is 2.93. The van der Waals surface area contributed by atoms with Gasteiger partial charge in [-0.1, -0.05) is 12.1 Å². The number of hydrogen-bond acceptors (Lipinski definition) is 8. The molecular formula is C27H31N7O2. The molecule has 6 rings (SSSR count). The summed E-state index contributed by atoms with van der Waals surface area (Å²) in [4.78, 5) is 25.8. The van der Waals surface area contributed by atoms with E-state index in [9.17, 15) is 4.79 Å². The number of piperidine rings is 1. The summed E-state index contributed by atoms with van der Waals surface area (Å²) in [5.74, 6) is 1.79. The summed E-state index contributed by atoms with van der Waals surface area (Å²) < 4.78 is 5.92. The Morgan fingerprint density at radius 2 is 2.06 bits per heavy atom. The van der Waals surface area contributed by atoms with Crippen LogP contribution in [0.1, 0.15) is 47.2 Å². The first-order chi connectivity index (χ1) is 17.6. The second-order valence-electron chi connectivity index (χ2n) is 10.1. The largest absolute Gasteiger partial charge is 0.492 e. The van der Waals surface area contributed by atoms with E-state index in [4.69, 9.17) is 10.5 Å². The molecule has 9 nitrogen and oxygen atoms in total. The van der Waals surface area contributed by atoms with Crippen LogP contribution in [-0.4, -0.2) is 46.6 Å². The molecule has 1 saturated carbocycles. The molecule has 2 fully saturated rings. The summed E-state index contributed by atoms with van der Waals surface area (Å²) in [5, 5.41) is 10.1. The average Bonchev–Trinajstić information content (AvgIpc) is 3.37. The van der Waals surface area contributed by atoms with Crippen molar-refractivity contribution in [3.05, 3.63) is 59.4 Å². The fourth-order valence-corrected chi connectivity index (χ4v) is 5.78. The molecule has 3 aromatic rings. The van der Waals surface area contributed by atoms with Gasteiger partial charge in [-0.25, -0.2) is 15.0 Å². The highest BCUT2D eigenvalue weighted by molar-refractivity contribution is 5.94. The van der Waals surface area contributed by atoms with Gasteiger partial charge < -0.3 is 26.4 Å². The Hall–Kier alpha value is -3.72. The Morgan fingerprint density at radius 3 is 2.89 bits per heavy atom. The van der Waals surface area contributed by atoms with Crippen molar-refractivity contribution >= 4 is 17.7 Å². The molecule has 0 bridgehead atoms. The number of nitrogens with one attached hydrogen (secondary N) is 3. The van der Waals surface area contributed by atoms with Crippen LogP contribution < -0.4 is 26.4 Å². The van der Waals surface area contributed by atoms with E-state index in [0.29, 0.717) is 29.8 Å². The third-order valence-electron chi connectivity index (χ3n) is 7.68. The van der Waals surface area contributed by atoms with Crippen molar-refractivity contribution < 1.29 is 9.53 Å². The number of ether oxygens (including phenoxy) is 1. The Labute approximate surface area is 210 Å². The first kappa shape index (κ1) is 22.7. The number of rotatable bonds is 6. The lowest BCUT2D eigenvalue weighted by Crippen LogP contribution is -2.54. The maximum atomic E-state index is 12.9. The van der Waals surface area contributed by atoms with Gasteiger partial charge in [0.15, 0.2) is 0 Å². The number of nitrogens with zero attached hydrogens (tertiary/aromatic N) is 3. The second kappa shape index (κ2) is 9.39. The van der Waals surface area contributed by atoms with E-state index in [0.717, 1.165) is 60.6 Å². The summed E-state index contributed by atoms with van der Waals surface area (Å²) in [6.07, 6.45) is 8.78. The number of amides is 1. The van der Waals surface area contributed by atoms with Crippen LogP contribution in [0.5, 0.6) is 5.75 Å². The number of carbonyl (C=O) groups is 1. The summed E-state index contributed by atoms with van der Waals surface area (Å²) in [6.45, 7) is 3.34. The minimum absolute atomic E-state index is 0.00604. The van der Waals surface area contributed by atoms with E-state index in [1.807, 2.05) is 24.3 Å². The van der Waals surface area contributed by atoms with E-state index in [-0.39, 0.29) is 17.9 Å². The monoisotopic (exact) mass is 485 g/mol. The molecule has 2 aromatic heterocycles. The average molecular weight is 486 g/mol. The molecule has 9 heteroatoms. The molecule has 1 aliphatic carbocycles. The molecule has 1 amide bonds. The highest BCUT2D eigenvalue weighted by Gasteiger charge is 2.44. The molecule has 1 saturated heterocycles. The maximum Gasteiger partial charge on any atom is 0.251 e. The van der Waals surface area contributed by atoms with Crippen molar-refractivity contribution in [1.82, 2.24) is 25.6 Å². The molecule has 1 aromatic carbocycles. The minimum Gasteiger partial charge on any atom is -0.492 e. The van der Waals surface area contributed by atoms with Crippen LogP contribution in [0.4, 0.5) is 11.8 Å². The standard InChI is InChI=1S/C27H31N7O2/c28-26-30-8-4-22(34-26)21-16-32-24(20-5-11-36-23(20)21)31-15-17-2-1-3-18(12-17)25(35)33-19-13-27(14-19)6-9-29-10-7-27/h1-4,8,12,16,19,29H,5-7,9-11,13-15H2,(H,31,32)(H,33,35)(H2,28,30,34). The topological polar surface area (TPSA) is 127 Å². The van der Waals surface area contributed by atoms with Gasteiger partial charge in [-0.3, -0.25) is 4.79 Å². The Balaban J connectivity index is 1.11. The summed E-state index contributed by atoms with van der Waals surface area (Å²) in [6, 6.07) is 9.87. The second-order valence-corrected chi connectivity index (χ2v) is 10.1. The van der Waals surface area contributed by atoms with Gasteiger partial charge in [-0.05, 0) is 68.0 Å². The molecule has 36 heavy (non-hydrogen) atoms. The maximum absolute atomic E-state index is 12.9. The molecular weight excluding hydrogens is 454 g/mol. The van der Waals surface area contributed by atoms with Gasteiger partial charge >= 0.3 is 0 Å². The van der Waals surface area contributed by atoms with Crippen LogP contribution in [-0.2, 0) is 13.0 Å². The van der Waals surface area contributed by atoms with E-state index < -0.39 is 0 Å². The van der Waals surface area contributed by atoms with E-state index in [1.54, 1.807) is 18.5 Å². The fraction of sp³-hybridized carbons (Fsp3) is 0.407. The Kier molecular flexibility index (Phi) is 5.92. The van der Waals surface area contributed by atoms with Crippen LogP contribution in [0.15, 0.2) is 42.7 Å². The zero-order chi connectivity index (χ0) is 24.5. The number of aromatic nitrogens is 3. The van der Waals surface area contributed by atoms with Gasteiger partial charge in [0, 0.05) is 42.5 Å². The third-order valence-corrected chi connectivity index (χ3v) is 7.68. The molecule has 2 aliphatic heterocycles. The quantitative estimate of drug-likeness (QED) is 0.420. The number of fused-ring (bicyclic) bond motifs is 1. The van der Waals surface area contributed by atoms with Crippen molar-refractivity contribution in [3.63, 3.8) is 0 Å². The van der Waals surface area contributed by atoms with E-state index in [1.165, 1.54) is 12.8 Å². The molecule has 1 spiro atoms. The lowest BCUT2D eigenvalue weighted by atomic mass is 9.60. The van der Waals surface area contributed by atoms with Crippen molar-refractivity contribution in [2.45, 2.75) is 44.7 Å². The zero-order valence-corrected chi connectivity index (χ0v) is 20.2. The van der Waals surface area contributed by atoms with Crippen LogP contribution in [0.25, 0.3) is 11.3 Å². The molecule has 0 unspecified atom stereocenters. The third kappa shape index (κ3) is 4.46. The number of pyridine rings is 1. The lowest BCUT2D eigenvalue weighted by molar-refractivity contribution is 0.0423. The van der Waals surface area contributed by atoms with Crippen molar-refractivity contribution in [3.8, 4) is 17.0 Å². The van der Waals surface area contributed by atoms with Gasteiger partial charge in [0.1, 0.15) is 11.6 Å². The predicted molar refractivity (Wildman–Crippen MR) is 138 cm³/mol. The first-order valence-electron chi connectivity index (χ1n) is 12.7. The van der Waals surface area contributed by atoms with Crippen LogP contribution in [0, 0.1) is 5.41 Å². The van der Waals surface area contributed by atoms with E-state index in [2.05, 4.69) is 30.9 Å².